The summed E-state index contributed by atoms with van der Waals surface area (Å²) in [4.78, 5) is 23.2. The molecule has 2 atom stereocenters. The third-order valence-corrected chi connectivity index (χ3v) is 5.53. The average molecular weight is 405 g/mol. The van der Waals surface area contributed by atoms with Gasteiger partial charge in [-0.05, 0) is 24.5 Å². The van der Waals surface area contributed by atoms with Gasteiger partial charge in [-0.1, -0.05) is 89.3 Å². The lowest BCUT2D eigenvalue weighted by molar-refractivity contribution is -0.520. The maximum absolute atomic E-state index is 12.4. The third-order valence-electron chi connectivity index (χ3n) is 5.53. The van der Waals surface area contributed by atoms with Crippen LogP contribution in [0, 0.1) is 16.0 Å². The zero-order valence-corrected chi connectivity index (χ0v) is 18.4. The van der Waals surface area contributed by atoms with Crippen LogP contribution in [0.3, 0.4) is 0 Å². The number of carbonyl (C=O) groups is 1. The van der Waals surface area contributed by atoms with E-state index in [1.807, 2.05) is 30.3 Å². The first-order valence-corrected chi connectivity index (χ1v) is 11.5. The van der Waals surface area contributed by atoms with Gasteiger partial charge in [0.05, 0.1) is 0 Å². The van der Waals surface area contributed by atoms with E-state index in [1.54, 1.807) is 6.92 Å². The Morgan fingerprint density at radius 2 is 1.52 bits per heavy atom. The highest BCUT2D eigenvalue weighted by molar-refractivity contribution is 5.90. The minimum Gasteiger partial charge on any atom is -0.326 e. The molecule has 0 aliphatic heterocycles. The van der Waals surface area contributed by atoms with Crippen LogP contribution in [0.25, 0.3) is 0 Å². The quantitative estimate of drug-likeness (QED) is 0.173. The highest BCUT2D eigenvalue weighted by atomic mass is 16.6. The standard InChI is InChI=1S/C24H40N2O3/c1-3-4-5-6-7-8-9-10-11-13-16-22(19-21(2)26(28)29)20-24(27)25-23-17-14-12-15-18-23/h12,14-15,17-18,21-22H,3-11,13,16,19-20H2,1-2H3,(H,25,27). The van der Waals surface area contributed by atoms with Gasteiger partial charge >= 0.3 is 0 Å². The Kier molecular flexibility index (Phi) is 13.8. The predicted molar refractivity (Wildman–Crippen MR) is 121 cm³/mol. The Hall–Kier alpha value is -1.91. The largest absolute Gasteiger partial charge is 0.326 e. The lowest BCUT2D eigenvalue weighted by atomic mass is 9.91. The Balaban J connectivity index is 2.30. The van der Waals surface area contributed by atoms with E-state index in [0.717, 1.165) is 24.9 Å². The van der Waals surface area contributed by atoms with Gasteiger partial charge in [0.1, 0.15) is 0 Å². The molecule has 0 aliphatic carbocycles. The third kappa shape index (κ3) is 13.0. The molecule has 0 radical (unpaired) electrons. The monoisotopic (exact) mass is 404 g/mol. The molecule has 0 aliphatic rings. The number of carbonyl (C=O) groups excluding carboxylic acids is 1. The molecule has 2 unspecified atom stereocenters. The van der Waals surface area contributed by atoms with Crippen LogP contribution in [0.4, 0.5) is 5.69 Å². The fourth-order valence-corrected chi connectivity index (χ4v) is 3.79. The van der Waals surface area contributed by atoms with Crippen molar-refractivity contribution in [1.82, 2.24) is 0 Å². The van der Waals surface area contributed by atoms with Gasteiger partial charge in [-0.3, -0.25) is 14.9 Å². The predicted octanol–water partition coefficient (Wildman–Crippen LogP) is 7.00. The minimum atomic E-state index is -0.604. The van der Waals surface area contributed by atoms with Crippen molar-refractivity contribution in [3.63, 3.8) is 0 Å². The fraction of sp³-hybridized carbons (Fsp3) is 0.708. The molecule has 164 valence electrons. The van der Waals surface area contributed by atoms with Gasteiger partial charge in [-0.15, -0.1) is 0 Å². The number of nitrogens with zero attached hydrogens (tertiary/aromatic N) is 1. The number of hydrogen-bond acceptors (Lipinski definition) is 3. The normalized spacial score (nSPS) is 13.0. The Labute approximate surface area is 176 Å². The summed E-state index contributed by atoms with van der Waals surface area (Å²) in [6.45, 7) is 3.88. The van der Waals surface area contributed by atoms with Gasteiger partial charge in [0.25, 0.3) is 0 Å². The van der Waals surface area contributed by atoms with Crippen LogP contribution in [-0.4, -0.2) is 16.9 Å². The first kappa shape index (κ1) is 25.1. The topological polar surface area (TPSA) is 72.2 Å². The number of rotatable bonds is 17. The molecule has 1 aromatic carbocycles. The van der Waals surface area contributed by atoms with Crippen molar-refractivity contribution in [2.75, 3.05) is 5.32 Å². The molecule has 29 heavy (non-hydrogen) atoms. The van der Waals surface area contributed by atoms with Crippen molar-refractivity contribution < 1.29 is 9.72 Å². The zero-order chi connectivity index (χ0) is 21.3. The Bertz CT molecular complexity index is 563. The van der Waals surface area contributed by atoms with Gasteiger partial charge < -0.3 is 5.32 Å². The second kappa shape index (κ2) is 15.9. The summed E-state index contributed by atoms with van der Waals surface area (Å²) in [6, 6.07) is 8.77. The van der Waals surface area contributed by atoms with Crippen molar-refractivity contribution in [3.8, 4) is 0 Å². The fourth-order valence-electron chi connectivity index (χ4n) is 3.79. The van der Waals surface area contributed by atoms with Crippen LogP contribution in [0.2, 0.25) is 0 Å². The molecular weight excluding hydrogens is 364 g/mol. The molecular formula is C24H40N2O3. The highest BCUT2D eigenvalue weighted by Crippen LogP contribution is 2.22. The summed E-state index contributed by atoms with van der Waals surface area (Å²) >= 11 is 0. The molecule has 1 aromatic rings. The molecule has 0 saturated carbocycles. The molecule has 0 bridgehead atoms. The van der Waals surface area contributed by atoms with Gasteiger partial charge in [0.15, 0.2) is 0 Å². The van der Waals surface area contributed by atoms with Crippen molar-refractivity contribution in [2.24, 2.45) is 5.92 Å². The minimum absolute atomic E-state index is 0.0520. The molecule has 0 heterocycles. The zero-order valence-electron chi connectivity index (χ0n) is 18.4. The molecule has 0 fully saturated rings. The lowest BCUT2D eigenvalue weighted by Gasteiger charge is -2.17. The lowest BCUT2D eigenvalue weighted by Crippen LogP contribution is -2.23. The Morgan fingerprint density at radius 3 is 2.07 bits per heavy atom. The maximum atomic E-state index is 12.4. The SMILES string of the molecule is CCCCCCCCCCCCC(CC(=O)Nc1ccccc1)CC(C)[N+](=O)[O-]. The molecule has 1 rings (SSSR count). The van der Waals surface area contributed by atoms with Gasteiger partial charge in [0, 0.05) is 30.4 Å². The van der Waals surface area contributed by atoms with Crippen LogP contribution in [0.5, 0.6) is 0 Å². The van der Waals surface area contributed by atoms with Gasteiger partial charge in [-0.2, -0.15) is 0 Å². The van der Waals surface area contributed by atoms with Gasteiger partial charge in [0.2, 0.25) is 11.9 Å². The first-order valence-electron chi connectivity index (χ1n) is 11.5. The summed E-state index contributed by atoms with van der Waals surface area (Å²) in [7, 11) is 0. The number of hydrogen-bond donors (Lipinski definition) is 1. The maximum Gasteiger partial charge on any atom is 0.224 e. The molecule has 0 saturated heterocycles. The Morgan fingerprint density at radius 1 is 0.966 bits per heavy atom. The van der Waals surface area contributed by atoms with E-state index in [0.29, 0.717) is 12.8 Å². The number of nitrogens with one attached hydrogen (secondary N) is 1. The molecule has 0 aromatic heterocycles. The van der Waals surface area contributed by atoms with Crippen molar-refractivity contribution in [3.05, 3.63) is 40.4 Å². The van der Waals surface area contributed by atoms with Crippen LogP contribution in [0.1, 0.15) is 97.3 Å². The van der Waals surface area contributed by atoms with E-state index in [2.05, 4.69) is 12.2 Å². The summed E-state index contributed by atoms with van der Waals surface area (Å²) in [5.74, 6) is 0.0111. The van der Waals surface area contributed by atoms with Crippen LogP contribution in [-0.2, 0) is 4.79 Å². The van der Waals surface area contributed by atoms with Crippen LogP contribution in [0.15, 0.2) is 30.3 Å². The van der Waals surface area contributed by atoms with Crippen LogP contribution < -0.4 is 5.32 Å². The van der Waals surface area contributed by atoms with E-state index in [4.69, 9.17) is 0 Å². The summed E-state index contributed by atoms with van der Waals surface area (Å²) < 4.78 is 0. The van der Waals surface area contributed by atoms with E-state index in [1.165, 1.54) is 51.4 Å². The number of amides is 1. The molecule has 1 amide bonds. The highest BCUT2D eigenvalue weighted by Gasteiger charge is 2.22. The molecule has 0 spiro atoms. The second-order valence-electron chi connectivity index (χ2n) is 8.33. The number of nitro groups is 1. The molecule has 5 heteroatoms. The van der Waals surface area contributed by atoms with Crippen molar-refractivity contribution in [2.45, 2.75) is 103 Å². The van der Waals surface area contributed by atoms with E-state index >= 15 is 0 Å². The second-order valence-corrected chi connectivity index (χ2v) is 8.33. The molecule has 5 nitrogen and oxygen atoms in total. The van der Waals surface area contributed by atoms with Crippen LogP contribution >= 0.6 is 0 Å². The van der Waals surface area contributed by atoms with Gasteiger partial charge in [-0.25, -0.2) is 0 Å². The van der Waals surface area contributed by atoms with E-state index in [9.17, 15) is 14.9 Å². The summed E-state index contributed by atoms with van der Waals surface area (Å²) in [5.41, 5.74) is 0.775. The van der Waals surface area contributed by atoms with E-state index < -0.39 is 6.04 Å². The average Bonchev–Trinajstić information content (AvgIpc) is 2.69. The number of anilines is 1. The first-order chi connectivity index (χ1) is 14.0. The van der Waals surface area contributed by atoms with Crippen molar-refractivity contribution in [1.29, 1.82) is 0 Å². The smallest absolute Gasteiger partial charge is 0.224 e. The van der Waals surface area contributed by atoms with Crippen molar-refractivity contribution >= 4 is 11.6 Å². The number of unbranched alkanes of at least 4 members (excludes halogenated alkanes) is 9. The molecule has 1 N–H and O–H groups in total. The summed E-state index contributed by atoms with van der Waals surface area (Å²) in [6.07, 6.45) is 14.4. The number of benzene rings is 1. The summed E-state index contributed by atoms with van der Waals surface area (Å²) in [5, 5.41) is 14.0. The number of para-hydroxylation sites is 1. The van der Waals surface area contributed by atoms with E-state index in [-0.39, 0.29) is 16.7 Å².